The van der Waals surface area contributed by atoms with Crippen molar-refractivity contribution >= 4 is 81.3 Å². The summed E-state index contributed by atoms with van der Waals surface area (Å²) in [6, 6.07) is 69.4. The number of para-hydroxylation sites is 1. The monoisotopic (exact) mass is 729 g/mol. The fraction of sp³-hybridized carbons (Fsp3) is 0.0189. The molecular formula is C53H31NOS. The molecule has 9 aromatic carbocycles. The quantitative estimate of drug-likeness (QED) is 0.180. The largest absolute Gasteiger partial charge is 0.454 e. The van der Waals surface area contributed by atoms with Crippen LogP contribution in [-0.2, 0) is 5.41 Å². The number of anilines is 3. The van der Waals surface area contributed by atoms with Crippen LogP contribution in [0.25, 0.3) is 75.1 Å². The van der Waals surface area contributed by atoms with E-state index in [9.17, 15) is 0 Å². The molecule has 0 radical (unpaired) electrons. The average Bonchev–Trinajstić information content (AvgIpc) is 4.00. The van der Waals surface area contributed by atoms with Gasteiger partial charge in [0.05, 0.1) is 21.5 Å². The summed E-state index contributed by atoms with van der Waals surface area (Å²) in [5.41, 5.74) is 15.1. The van der Waals surface area contributed by atoms with E-state index in [1.807, 2.05) is 11.3 Å². The van der Waals surface area contributed by atoms with Gasteiger partial charge in [0.15, 0.2) is 5.58 Å². The second-order valence-corrected chi connectivity index (χ2v) is 16.2. The summed E-state index contributed by atoms with van der Waals surface area (Å²) in [7, 11) is 0. The van der Waals surface area contributed by atoms with E-state index in [1.54, 1.807) is 0 Å². The Morgan fingerprint density at radius 3 is 1.77 bits per heavy atom. The normalized spacial score (nSPS) is 13.5. The van der Waals surface area contributed by atoms with Crippen LogP contribution in [0.1, 0.15) is 22.3 Å². The molecule has 2 aliphatic carbocycles. The highest BCUT2D eigenvalue weighted by Crippen LogP contribution is 2.63. The fourth-order valence-electron chi connectivity index (χ4n) is 10.3. The van der Waals surface area contributed by atoms with Gasteiger partial charge in [0, 0.05) is 31.9 Å². The van der Waals surface area contributed by atoms with Gasteiger partial charge in [0.2, 0.25) is 0 Å². The molecule has 2 aliphatic rings. The van der Waals surface area contributed by atoms with Crippen molar-refractivity contribution < 1.29 is 4.42 Å². The number of nitrogens with zero attached hydrogens (tertiary/aromatic N) is 1. The molecule has 2 aromatic heterocycles. The summed E-state index contributed by atoms with van der Waals surface area (Å²) < 4.78 is 9.51. The van der Waals surface area contributed by atoms with Crippen LogP contribution in [0.4, 0.5) is 17.1 Å². The van der Waals surface area contributed by atoms with Crippen molar-refractivity contribution in [2.24, 2.45) is 0 Å². The van der Waals surface area contributed by atoms with E-state index in [0.717, 1.165) is 39.0 Å². The zero-order valence-electron chi connectivity index (χ0n) is 30.2. The van der Waals surface area contributed by atoms with E-state index in [1.165, 1.54) is 75.5 Å². The van der Waals surface area contributed by atoms with E-state index in [4.69, 9.17) is 4.42 Å². The first kappa shape index (κ1) is 30.4. The average molecular weight is 730 g/mol. The van der Waals surface area contributed by atoms with Gasteiger partial charge in [-0.2, -0.15) is 0 Å². The van der Waals surface area contributed by atoms with Crippen molar-refractivity contribution in [3.05, 3.63) is 210 Å². The van der Waals surface area contributed by atoms with Crippen LogP contribution in [0.5, 0.6) is 0 Å². The minimum Gasteiger partial charge on any atom is -0.454 e. The first-order valence-electron chi connectivity index (χ1n) is 19.3. The molecule has 11 aromatic rings. The molecule has 0 saturated carbocycles. The molecule has 2 heterocycles. The van der Waals surface area contributed by atoms with Gasteiger partial charge in [0.1, 0.15) is 5.58 Å². The van der Waals surface area contributed by atoms with Crippen LogP contribution >= 0.6 is 11.3 Å². The Hall–Kier alpha value is -6.94. The Kier molecular flexibility index (Phi) is 6.01. The van der Waals surface area contributed by atoms with Crippen molar-refractivity contribution in [2.75, 3.05) is 4.90 Å². The Labute approximate surface area is 327 Å². The minimum atomic E-state index is -0.456. The zero-order valence-corrected chi connectivity index (χ0v) is 31.0. The van der Waals surface area contributed by atoms with Crippen LogP contribution in [-0.4, -0.2) is 0 Å². The summed E-state index contributed by atoms with van der Waals surface area (Å²) in [6.45, 7) is 0. The Balaban J connectivity index is 1.17. The molecule has 0 bridgehead atoms. The van der Waals surface area contributed by atoms with E-state index in [2.05, 4.69) is 193 Å². The third-order valence-corrected chi connectivity index (χ3v) is 13.7. The maximum Gasteiger partial charge on any atom is 0.160 e. The molecule has 0 unspecified atom stereocenters. The second kappa shape index (κ2) is 11.1. The Morgan fingerprint density at radius 2 is 1.02 bits per heavy atom. The maximum absolute atomic E-state index is 6.98. The molecule has 0 amide bonds. The zero-order chi connectivity index (χ0) is 36.5. The number of furan rings is 1. The number of hydrogen-bond donors (Lipinski definition) is 0. The van der Waals surface area contributed by atoms with Crippen molar-refractivity contribution in [2.45, 2.75) is 5.41 Å². The molecule has 56 heavy (non-hydrogen) atoms. The molecular weight excluding hydrogens is 699 g/mol. The lowest BCUT2D eigenvalue weighted by Gasteiger charge is -2.32. The predicted molar refractivity (Wildman–Crippen MR) is 235 cm³/mol. The molecule has 13 rings (SSSR count). The van der Waals surface area contributed by atoms with Crippen molar-refractivity contribution in [1.29, 1.82) is 0 Å². The molecule has 3 heteroatoms. The highest BCUT2D eigenvalue weighted by molar-refractivity contribution is 7.26. The Morgan fingerprint density at radius 1 is 0.429 bits per heavy atom. The highest BCUT2D eigenvalue weighted by atomic mass is 32.1. The van der Waals surface area contributed by atoms with E-state index in [-0.39, 0.29) is 0 Å². The smallest absolute Gasteiger partial charge is 0.160 e. The van der Waals surface area contributed by atoms with E-state index in [0.29, 0.717) is 0 Å². The van der Waals surface area contributed by atoms with Crippen molar-refractivity contribution in [3.8, 4) is 22.3 Å². The summed E-state index contributed by atoms with van der Waals surface area (Å²) in [4.78, 5) is 2.48. The van der Waals surface area contributed by atoms with E-state index >= 15 is 0 Å². The van der Waals surface area contributed by atoms with Gasteiger partial charge in [-0.25, -0.2) is 0 Å². The SMILES string of the molecule is c1ccc2c(c1)-c1ccccc1C21c2ccccc2-c2ccc(N(c3cc4ccccc4c4c3oc3ccccc34)c3cccc4c3sc3ccccc34)cc21. The van der Waals surface area contributed by atoms with Crippen molar-refractivity contribution in [1.82, 2.24) is 0 Å². The number of rotatable bonds is 3. The molecule has 0 saturated heterocycles. The number of hydrogen-bond acceptors (Lipinski definition) is 3. The van der Waals surface area contributed by atoms with Gasteiger partial charge >= 0.3 is 0 Å². The molecule has 260 valence electrons. The third-order valence-electron chi connectivity index (χ3n) is 12.5. The lowest BCUT2D eigenvalue weighted by atomic mass is 9.70. The van der Waals surface area contributed by atoms with Gasteiger partial charge in [-0.05, 0) is 91.7 Å². The molecule has 0 aliphatic heterocycles. The first-order valence-corrected chi connectivity index (χ1v) is 20.1. The van der Waals surface area contributed by atoms with Gasteiger partial charge in [-0.3, -0.25) is 0 Å². The molecule has 1 spiro atoms. The van der Waals surface area contributed by atoms with Gasteiger partial charge in [0.25, 0.3) is 0 Å². The van der Waals surface area contributed by atoms with Crippen molar-refractivity contribution in [3.63, 3.8) is 0 Å². The lowest BCUT2D eigenvalue weighted by Crippen LogP contribution is -2.26. The second-order valence-electron chi connectivity index (χ2n) is 15.1. The molecule has 0 fully saturated rings. The summed E-state index contributed by atoms with van der Waals surface area (Å²) >= 11 is 1.86. The van der Waals surface area contributed by atoms with Crippen LogP contribution in [0.2, 0.25) is 0 Å². The molecule has 2 nitrogen and oxygen atoms in total. The van der Waals surface area contributed by atoms with Gasteiger partial charge in [-0.15, -0.1) is 11.3 Å². The third kappa shape index (κ3) is 3.80. The lowest BCUT2D eigenvalue weighted by molar-refractivity contribution is 0.669. The summed E-state index contributed by atoms with van der Waals surface area (Å²) in [5.74, 6) is 0. The molecule has 0 N–H and O–H groups in total. The summed E-state index contributed by atoms with van der Waals surface area (Å²) in [6.07, 6.45) is 0. The standard InChI is InChI=1S/C53H31NOS/c1-2-15-34-32(14-1)30-47(51-50(34)41-20-6-11-26-48(41)55-51)54(46-25-13-21-40-39-19-7-12-27-49(39)56-52(40)46)33-28-29-38-37-18-5-10-24-44(37)53(45(38)31-33)42-22-8-3-16-35(42)36-17-4-9-23-43(36)53/h1-31H. The first-order chi connectivity index (χ1) is 27.8. The highest BCUT2D eigenvalue weighted by Gasteiger charge is 2.51. The summed E-state index contributed by atoms with van der Waals surface area (Å²) in [5, 5.41) is 7.19. The fourth-order valence-corrected chi connectivity index (χ4v) is 11.5. The Bertz CT molecular complexity index is 3390. The predicted octanol–water partition coefficient (Wildman–Crippen LogP) is 14.9. The number of benzene rings is 9. The van der Waals surface area contributed by atoms with Crippen LogP contribution < -0.4 is 4.90 Å². The van der Waals surface area contributed by atoms with Gasteiger partial charge < -0.3 is 9.32 Å². The topological polar surface area (TPSA) is 16.4 Å². The van der Waals surface area contributed by atoms with Crippen LogP contribution in [0.3, 0.4) is 0 Å². The molecule has 0 atom stereocenters. The number of thiophene rings is 1. The van der Waals surface area contributed by atoms with Gasteiger partial charge in [-0.1, -0.05) is 152 Å². The minimum absolute atomic E-state index is 0.456. The number of fused-ring (bicyclic) bond motifs is 18. The van der Waals surface area contributed by atoms with Crippen LogP contribution in [0, 0.1) is 0 Å². The maximum atomic E-state index is 6.98. The van der Waals surface area contributed by atoms with Crippen LogP contribution in [0.15, 0.2) is 192 Å². The van der Waals surface area contributed by atoms with E-state index < -0.39 is 5.41 Å².